The summed E-state index contributed by atoms with van der Waals surface area (Å²) in [4.78, 5) is 2.47. The van der Waals surface area contributed by atoms with Crippen LogP contribution in [0.1, 0.15) is 0 Å². The van der Waals surface area contributed by atoms with Gasteiger partial charge in [0.25, 0.3) is 0 Å². The lowest BCUT2D eigenvalue weighted by atomic mass is 10.1. The molecule has 0 saturated heterocycles. The molecule has 45 heavy (non-hydrogen) atoms. The Bertz CT molecular complexity index is 2180. The number of anilines is 3. The van der Waals surface area contributed by atoms with E-state index in [2.05, 4.69) is 191 Å². The zero-order chi connectivity index (χ0) is 29.8. The largest absolute Gasteiger partial charge is 0.311 e. The van der Waals surface area contributed by atoms with Crippen molar-refractivity contribution < 1.29 is 0 Å². The summed E-state index contributed by atoms with van der Waals surface area (Å²) in [7, 11) is -2.61. The van der Waals surface area contributed by atoms with E-state index in [-0.39, 0.29) is 0 Å². The highest BCUT2D eigenvalue weighted by Gasteiger charge is 2.48. The van der Waals surface area contributed by atoms with Gasteiger partial charge in [-0.05, 0) is 69.3 Å². The second-order valence-electron chi connectivity index (χ2n) is 11.7. The minimum Gasteiger partial charge on any atom is -0.311 e. The fraction of sp³-hybridized carbons (Fsp3) is 0. The molecule has 8 aromatic rings. The van der Waals surface area contributed by atoms with Crippen LogP contribution in [-0.4, -0.2) is 12.6 Å². The van der Waals surface area contributed by atoms with Crippen molar-refractivity contribution in [3.8, 4) is 5.69 Å². The van der Waals surface area contributed by atoms with Gasteiger partial charge < -0.3 is 9.47 Å². The van der Waals surface area contributed by atoms with Gasteiger partial charge in [-0.3, -0.25) is 0 Å². The average Bonchev–Trinajstić information content (AvgIpc) is 3.46. The first-order chi connectivity index (χ1) is 22.4. The van der Waals surface area contributed by atoms with Gasteiger partial charge in [0.2, 0.25) is 0 Å². The molecule has 1 aliphatic heterocycles. The highest BCUT2D eigenvalue weighted by Crippen LogP contribution is 2.39. The van der Waals surface area contributed by atoms with E-state index in [1.165, 1.54) is 53.9 Å². The third-order valence-corrected chi connectivity index (χ3v) is 14.3. The Balaban J connectivity index is 1.27. The van der Waals surface area contributed by atoms with Crippen molar-refractivity contribution in [3.63, 3.8) is 0 Å². The first-order valence-electron chi connectivity index (χ1n) is 15.5. The van der Waals surface area contributed by atoms with Crippen LogP contribution in [0.25, 0.3) is 27.5 Å². The van der Waals surface area contributed by atoms with Crippen molar-refractivity contribution in [1.82, 2.24) is 4.57 Å². The minimum atomic E-state index is -2.61. The lowest BCUT2D eigenvalue weighted by Gasteiger charge is -2.45. The van der Waals surface area contributed by atoms with Crippen LogP contribution in [0.3, 0.4) is 0 Å². The van der Waals surface area contributed by atoms with Crippen LogP contribution in [0, 0.1) is 0 Å². The molecular weight excluding hydrogens is 561 g/mol. The smallest absolute Gasteiger partial charge is 0.184 e. The first-order valence-corrected chi connectivity index (χ1v) is 17.5. The molecule has 0 unspecified atom stereocenters. The van der Waals surface area contributed by atoms with Crippen molar-refractivity contribution in [2.75, 3.05) is 4.90 Å². The topological polar surface area (TPSA) is 8.17 Å². The molecule has 1 aliphatic rings. The minimum absolute atomic E-state index is 1.16. The number of rotatable bonds is 4. The fourth-order valence-corrected chi connectivity index (χ4v) is 12.7. The van der Waals surface area contributed by atoms with E-state index >= 15 is 0 Å². The lowest BCUT2D eigenvalue weighted by molar-refractivity contribution is 1.17. The maximum Gasteiger partial charge on any atom is 0.184 e. The van der Waals surface area contributed by atoms with Crippen LogP contribution in [0.2, 0.25) is 0 Å². The van der Waals surface area contributed by atoms with Gasteiger partial charge in [0.05, 0.1) is 11.0 Å². The maximum absolute atomic E-state index is 2.61. The standard InChI is InChI=1S/C42H30N2Si/c1-3-15-33(16-4-1)45(34-17-5-2-6-18-34)41-25-13-11-23-39(41)44(40-24-12-14-26-42(40)45)32-29-27-31(28-30-32)43-37-21-9-7-19-35(37)36-20-8-10-22-38(36)43/h1-30H. The molecule has 0 bridgehead atoms. The van der Waals surface area contributed by atoms with E-state index in [0.717, 1.165) is 11.4 Å². The number of hydrogen-bond acceptors (Lipinski definition) is 1. The van der Waals surface area contributed by atoms with Crippen molar-refractivity contribution in [3.05, 3.63) is 182 Å². The first kappa shape index (κ1) is 25.8. The van der Waals surface area contributed by atoms with E-state index in [1.54, 1.807) is 0 Å². The molecule has 1 aromatic heterocycles. The second kappa shape index (κ2) is 10.2. The van der Waals surface area contributed by atoms with E-state index in [1.807, 2.05) is 0 Å². The molecule has 7 aromatic carbocycles. The molecule has 0 fully saturated rings. The average molecular weight is 591 g/mol. The fourth-order valence-electron chi connectivity index (χ4n) is 7.64. The Morgan fingerprint density at radius 1 is 0.333 bits per heavy atom. The third-order valence-electron chi connectivity index (χ3n) is 9.46. The van der Waals surface area contributed by atoms with Gasteiger partial charge in [0.1, 0.15) is 0 Å². The van der Waals surface area contributed by atoms with Crippen LogP contribution in [0.5, 0.6) is 0 Å². The lowest BCUT2D eigenvalue weighted by Crippen LogP contribution is -2.77. The van der Waals surface area contributed by atoms with E-state index in [0.29, 0.717) is 0 Å². The quantitative estimate of drug-likeness (QED) is 0.189. The van der Waals surface area contributed by atoms with Crippen LogP contribution in [0.4, 0.5) is 17.1 Å². The number of hydrogen-bond donors (Lipinski definition) is 0. The zero-order valence-electron chi connectivity index (χ0n) is 24.7. The summed E-state index contributed by atoms with van der Waals surface area (Å²) >= 11 is 0. The number of fused-ring (bicyclic) bond motifs is 5. The Hall–Kier alpha value is -5.64. The molecule has 0 amide bonds. The maximum atomic E-state index is 2.47. The van der Waals surface area contributed by atoms with E-state index < -0.39 is 8.07 Å². The number of nitrogens with zero attached hydrogens (tertiary/aromatic N) is 2. The number of aromatic nitrogens is 1. The van der Waals surface area contributed by atoms with Gasteiger partial charge in [-0.25, -0.2) is 0 Å². The van der Waals surface area contributed by atoms with Crippen molar-refractivity contribution in [1.29, 1.82) is 0 Å². The molecule has 0 saturated carbocycles. The van der Waals surface area contributed by atoms with Crippen LogP contribution in [-0.2, 0) is 0 Å². The summed E-state index contributed by atoms with van der Waals surface area (Å²) in [6.07, 6.45) is 0. The van der Waals surface area contributed by atoms with Crippen LogP contribution >= 0.6 is 0 Å². The van der Waals surface area contributed by atoms with Crippen molar-refractivity contribution >= 4 is 67.7 Å². The zero-order valence-corrected chi connectivity index (χ0v) is 25.7. The van der Waals surface area contributed by atoms with Gasteiger partial charge in [-0.1, -0.05) is 133 Å². The highest BCUT2D eigenvalue weighted by atomic mass is 28.3. The summed E-state index contributed by atoms with van der Waals surface area (Å²) in [5.41, 5.74) is 7.26. The Morgan fingerprint density at radius 2 is 0.733 bits per heavy atom. The molecule has 212 valence electrons. The number of benzene rings is 7. The van der Waals surface area contributed by atoms with Gasteiger partial charge in [0, 0.05) is 33.5 Å². The predicted octanol–water partition coefficient (Wildman–Crippen LogP) is 7.94. The summed E-state index contributed by atoms with van der Waals surface area (Å²) in [5, 5.41) is 8.17. The predicted molar refractivity (Wildman–Crippen MR) is 193 cm³/mol. The Kier molecular flexibility index (Phi) is 5.87. The van der Waals surface area contributed by atoms with Gasteiger partial charge in [-0.15, -0.1) is 0 Å². The van der Waals surface area contributed by atoms with Crippen LogP contribution < -0.4 is 25.6 Å². The molecule has 0 spiro atoms. The molecular formula is C42H30N2Si. The van der Waals surface area contributed by atoms with E-state index in [4.69, 9.17) is 0 Å². The van der Waals surface area contributed by atoms with Gasteiger partial charge in [0.15, 0.2) is 8.07 Å². The Labute approximate surface area is 264 Å². The molecule has 2 nitrogen and oxygen atoms in total. The van der Waals surface area contributed by atoms with Crippen molar-refractivity contribution in [2.45, 2.75) is 0 Å². The molecule has 0 N–H and O–H groups in total. The summed E-state index contributed by atoms with van der Waals surface area (Å²) < 4.78 is 2.38. The normalized spacial score (nSPS) is 13.5. The molecule has 0 radical (unpaired) electrons. The second-order valence-corrected chi connectivity index (χ2v) is 15.5. The molecule has 3 heteroatoms. The summed E-state index contributed by atoms with van der Waals surface area (Å²) in [6.45, 7) is 0. The molecule has 0 aliphatic carbocycles. The van der Waals surface area contributed by atoms with Gasteiger partial charge >= 0.3 is 0 Å². The molecule has 0 atom stereocenters. The molecule has 9 rings (SSSR count). The van der Waals surface area contributed by atoms with E-state index in [9.17, 15) is 0 Å². The molecule has 2 heterocycles. The SMILES string of the molecule is c1ccc([Si]2(c3ccccc3)c3ccccc3N(c3ccc(-n4c5ccccc5c5ccccc54)cc3)c3ccccc32)cc1. The summed E-state index contributed by atoms with van der Waals surface area (Å²) in [5.74, 6) is 0. The van der Waals surface area contributed by atoms with Gasteiger partial charge in [-0.2, -0.15) is 0 Å². The third kappa shape index (κ3) is 3.74. The Morgan fingerprint density at radius 3 is 1.24 bits per heavy atom. The highest BCUT2D eigenvalue weighted by molar-refractivity contribution is 7.21. The number of para-hydroxylation sites is 4. The monoisotopic (exact) mass is 590 g/mol. The summed E-state index contributed by atoms with van der Waals surface area (Å²) in [6, 6.07) is 67.0. The van der Waals surface area contributed by atoms with Crippen molar-refractivity contribution in [2.24, 2.45) is 0 Å². The van der Waals surface area contributed by atoms with Crippen LogP contribution in [0.15, 0.2) is 182 Å².